The first kappa shape index (κ1) is 7.56. The second kappa shape index (κ2) is 3.11. The lowest BCUT2D eigenvalue weighted by molar-refractivity contribution is 0.100. The number of nitrogens with zero attached hydrogens (tertiary/aromatic N) is 1. The van der Waals surface area contributed by atoms with Crippen LogP contribution in [0.1, 0.15) is 19.3 Å². The van der Waals surface area contributed by atoms with Gasteiger partial charge in [-0.2, -0.15) is 0 Å². The Morgan fingerprint density at radius 3 is 3.00 bits per heavy atom. The molecular formula is C9H18N2. The van der Waals surface area contributed by atoms with Crippen molar-refractivity contribution in [2.24, 2.45) is 5.92 Å². The van der Waals surface area contributed by atoms with E-state index in [-0.39, 0.29) is 0 Å². The molecule has 2 aliphatic heterocycles. The molecule has 0 saturated carbocycles. The van der Waals surface area contributed by atoms with E-state index in [9.17, 15) is 0 Å². The Kier molecular flexibility index (Phi) is 2.14. The van der Waals surface area contributed by atoms with E-state index in [4.69, 9.17) is 0 Å². The van der Waals surface area contributed by atoms with E-state index in [1.807, 2.05) is 0 Å². The first-order valence-corrected chi connectivity index (χ1v) is 4.78. The van der Waals surface area contributed by atoms with Crippen molar-refractivity contribution in [1.82, 2.24) is 10.2 Å². The van der Waals surface area contributed by atoms with Gasteiger partial charge in [0.05, 0.1) is 0 Å². The Morgan fingerprint density at radius 2 is 2.27 bits per heavy atom. The lowest BCUT2D eigenvalue weighted by Gasteiger charge is -2.41. The zero-order valence-corrected chi connectivity index (χ0v) is 7.34. The van der Waals surface area contributed by atoms with Crippen molar-refractivity contribution in [2.75, 3.05) is 26.7 Å². The van der Waals surface area contributed by atoms with Gasteiger partial charge >= 0.3 is 0 Å². The summed E-state index contributed by atoms with van der Waals surface area (Å²) in [6, 6.07) is 0.772. The van der Waals surface area contributed by atoms with Crippen LogP contribution in [0, 0.1) is 5.92 Å². The summed E-state index contributed by atoms with van der Waals surface area (Å²) in [5.41, 5.74) is 0. The summed E-state index contributed by atoms with van der Waals surface area (Å²) in [4.78, 5) is 2.61. The molecule has 64 valence electrons. The second-order valence-electron chi connectivity index (χ2n) is 3.99. The van der Waals surface area contributed by atoms with Crippen LogP contribution in [-0.4, -0.2) is 37.6 Å². The third kappa shape index (κ3) is 1.57. The normalized spacial score (nSPS) is 43.9. The molecule has 0 aliphatic carbocycles. The first-order valence-electron chi connectivity index (χ1n) is 4.78. The van der Waals surface area contributed by atoms with Crippen LogP contribution >= 0.6 is 0 Å². The highest BCUT2D eigenvalue weighted by molar-refractivity contribution is 4.85. The number of hydrogen-bond acceptors (Lipinski definition) is 2. The number of fused-ring (bicyclic) bond motifs is 2. The lowest BCUT2D eigenvalue weighted by Crippen LogP contribution is -2.50. The molecule has 3 atom stereocenters. The molecule has 0 amide bonds. The highest BCUT2D eigenvalue weighted by Crippen LogP contribution is 2.25. The molecule has 1 unspecified atom stereocenters. The van der Waals surface area contributed by atoms with Crippen LogP contribution in [0.25, 0.3) is 0 Å². The molecule has 0 aromatic carbocycles. The van der Waals surface area contributed by atoms with Crippen molar-refractivity contribution >= 4 is 0 Å². The molecule has 2 rings (SSSR count). The van der Waals surface area contributed by atoms with Crippen molar-refractivity contribution in [1.29, 1.82) is 0 Å². The van der Waals surface area contributed by atoms with Crippen molar-refractivity contribution in [3.63, 3.8) is 0 Å². The van der Waals surface area contributed by atoms with Gasteiger partial charge < -0.3 is 10.2 Å². The van der Waals surface area contributed by atoms with Crippen molar-refractivity contribution in [3.8, 4) is 0 Å². The molecule has 2 bridgehead atoms. The summed E-state index contributed by atoms with van der Waals surface area (Å²) in [5, 5.41) is 3.39. The van der Waals surface area contributed by atoms with Crippen molar-refractivity contribution in [3.05, 3.63) is 0 Å². The van der Waals surface area contributed by atoms with Gasteiger partial charge in [0.1, 0.15) is 0 Å². The Labute approximate surface area is 69.0 Å². The fraction of sp³-hybridized carbons (Fsp3) is 1.00. The SMILES string of the molecule is CN[C@@H]1C[C@@H]2CCCN(C2)C1. The molecule has 1 N–H and O–H groups in total. The predicted octanol–water partition coefficient (Wildman–Crippen LogP) is 0.690. The van der Waals surface area contributed by atoms with Gasteiger partial charge in [-0.1, -0.05) is 0 Å². The van der Waals surface area contributed by atoms with Gasteiger partial charge in [-0.15, -0.1) is 0 Å². The van der Waals surface area contributed by atoms with Gasteiger partial charge in [0.15, 0.2) is 0 Å². The minimum atomic E-state index is 0.772. The summed E-state index contributed by atoms with van der Waals surface area (Å²) in [6.45, 7) is 4.00. The summed E-state index contributed by atoms with van der Waals surface area (Å²) in [7, 11) is 2.09. The van der Waals surface area contributed by atoms with E-state index in [0.717, 1.165) is 12.0 Å². The quantitative estimate of drug-likeness (QED) is 0.598. The summed E-state index contributed by atoms with van der Waals surface area (Å²) < 4.78 is 0. The minimum Gasteiger partial charge on any atom is -0.316 e. The average Bonchev–Trinajstić information content (AvgIpc) is 2.03. The highest BCUT2D eigenvalue weighted by atomic mass is 15.2. The Bertz CT molecular complexity index is 124. The van der Waals surface area contributed by atoms with Gasteiger partial charge in [0.2, 0.25) is 0 Å². The molecule has 2 saturated heterocycles. The smallest absolute Gasteiger partial charge is 0.0195 e. The summed E-state index contributed by atoms with van der Waals surface area (Å²) in [6.07, 6.45) is 4.31. The molecular weight excluding hydrogens is 136 g/mol. The molecule has 2 heterocycles. The number of nitrogens with one attached hydrogen (secondary N) is 1. The number of rotatable bonds is 1. The first-order chi connectivity index (χ1) is 5.38. The summed E-state index contributed by atoms with van der Waals surface area (Å²) >= 11 is 0. The van der Waals surface area contributed by atoms with Crippen LogP contribution in [0.15, 0.2) is 0 Å². The standard InChI is InChI=1S/C9H18N2/c1-10-9-5-8-3-2-4-11(6-8)7-9/h8-10H,2-7H2,1H3/t8-,9+/m0/s1. The molecule has 2 nitrogen and oxygen atoms in total. The fourth-order valence-corrected chi connectivity index (χ4v) is 2.51. The van der Waals surface area contributed by atoms with Gasteiger partial charge in [0.25, 0.3) is 0 Å². The molecule has 0 aromatic heterocycles. The van der Waals surface area contributed by atoms with E-state index in [1.54, 1.807) is 0 Å². The van der Waals surface area contributed by atoms with E-state index in [2.05, 4.69) is 17.3 Å². The fourth-order valence-electron chi connectivity index (χ4n) is 2.51. The Hall–Kier alpha value is -0.0800. The van der Waals surface area contributed by atoms with Gasteiger partial charge in [-0.05, 0) is 38.8 Å². The van der Waals surface area contributed by atoms with E-state index in [0.29, 0.717) is 0 Å². The zero-order valence-electron chi connectivity index (χ0n) is 7.34. The topological polar surface area (TPSA) is 15.3 Å². The van der Waals surface area contributed by atoms with Crippen molar-refractivity contribution in [2.45, 2.75) is 25.3 Å². The molecule has 2 aliphatic rings. The molecule has 2 heteroatoms. The monoisotopic (exact) mass is 154 g/mol. The van der Waals surface area contributed by atoms with Crippen LogP contribution in [0.2, 0.25) is 0 Å². The highest BCUT2D eigenvalue weighted by Gasteiger charge is 2.28. The van der Waals surface area contributed by atoms with Crippen LogP contribution in [0.5, 0.6) is 0 Å². The second-order valence-corrected chi connectivity index (χ2v) is 3.99. The maximum atomic E-state index is 3.39. The third-order valence-corrected chi connectivity index (χ3v) is 3.11. The molecule has 0 radical (unpaired) electrons. The maximum absolute atomic E-state index is 3.39. The van der Waals surface area contributed by atoms with Crippen LogP contribution in [-0.2, 0) is 0 Å². The number of likely N-dealkylation sites (N-methyl/N-ethyl adjacent to an activating group) is 1. The molecule has 0 spiro atoms. The van der Waals surface area contributed by atoms with E-state index in [1.165, 1.54) is 38.9 Å². The van der Waals surface area contributed by atoms with E-state index >= 15 is 0 Å². The average molecular weight is 154 g/mol. The molecule has 2 fully saturated rings. The van der Waals surface area contributed by atoms with Crippen molar-refractivity contribution < 1.29 is 0 Å². The van der Waals surface area contributed by atoms with Crippen LogP contribution in [0.4, 0.5) is 0 Å². The maximum Gasteiger partial charge on any atom is 0.0195 e. The van der Waals surface area contributed by atoms with E-state index < -0.39 is 0 Å². The molecule has 0 aromatic rings. The largest absolute Gasteiger partial charge is 0.316 e. The summed E-state index contributed by atoms with van der Waals surface area (Å²) in [5.74, 6) is 0.995. The third-order valence-electron chi connectivity index (χ3n) is 3.11. The Morgan fingerprint density at radius 1 is 1.36 bits per heavy atom. The minimum absolute atomic E-state index is 0.772. The predicted molar refractivity (Wildman–Crippen MR) is 46.6 cm³/mol. The van der Waals surface area contributed by atoms with Gasteiger partial charge in [0, 0.05) is 19.1 Å². The Balaban J connectivity index is 1.94. The van der Waals surface area contributed by atoms with Gasteiger partial charge in [-0.25, -0.2) is 0 Å². The van der Waals surface area contributed by atoms with Gasteiger partial charge in [-0.3, -0.25) is 0 Å². The van der Waals surface area contributed by atoms with Crippen LogP contribution < -0.4 is 5.32 Å². The number of hydrogen-bond donors (Lipinski definition) is 1. The molecule has 11 heavy (non-hydrogen) atoms. The lowest BCUT2D eigenvalue weighted by atomic mass is 9.87. The number of piperidine rings is 2. The zero-order chi connectivity index (χ0) is 7.68. The van der Waals surface area contributed by atoms with Crippen LogP contribution in [0.3, 0.4) is 0 Å².